The van der Waals surface area contributed by atoms with Gasteiger partial charge in [-0.05, 0) is 12.8 Å². The highest BCUT2D eigenvalue weighted by atomic mass is 127. The van der Waals surface area contributed by atoms with Gasteiger partial charge in [0, 0.05) is 12.5 Å². The van der Waals surface area contributed by atoms with Crippen LogP contribution in [0, 0.1) is 5.92 Å². The van der Waals surface area contributed by atoms with Crippen LogP contribution in [0.4, 0.5) is 0 Å². The zero-order valence-corrected chi connectivity index (χ0v) is 8.59. The standard InChI is InChI=1S/C7H17IN/c1-3-6(4-2)7(8)5-9/h6-8H,3-5,9H2,1-2H3/q+1. The molecule has 0 aliphatic rings. The van der Waals surface area contributed by atoms with E-state index in [9.17, 15) is 0 Å². The van der Waals surface area contributed by atoms with E-state index in [4.69, 9.17) is 5.73 Å². The molecule has 0 radical (unpaired) electrons. The van der Waals surface area contributed by atoms with E-state index in [2.05, 4.69) is 36.4 Å². The summed E-state index contributed by atoms with van der Waals surface area (Å²) in [5, 5.41) is 0. The maximum absolute atomic E-state index is 5.53. The van der Waals surface area contributed by atoms with Crippen LogP contribution >= 0.6 is 0 Å². The predicted octanol–water partition coefficient (Wildman–Crippen LogP) is -1.96. The van der Waals surface area contributed by atoms with Crippen LogP contribution in [0.2, 0.25) is 0 Å². The Morgan fingerprint density at radius 1 is 1.33 bits per heavy atom. The topological polar surface area (TPSA) is 26.0 Å². The van der Waals surface area contributed by atoms with Gasteiger partial charge in [0.25, 0.3) is 22.6 Å². The van der Waals surface area contributed by atoms with E-state index in [0.717, 1.165) is 16.4 Å². The average Bonchev–Trinajstić information content (AvgIpc) is 1.90. The predicted molar refractivity (Wildman–Crippen MR) is 38.3 cm³/mol. The highest BCUT2D eigenvalue weighted by Crippen LogP contribution is 2.07. The first kappa shape index (κ1) is 9.69. The minimum absolute atomic E-state index is 0.718. The summed E-state index contributed by atoms with van der Waals surface area (Å²) < 4.78 is 0.718. The first-order valence-corrected chi connectivity index (χ1v) is 4.96. The lowest BCUT2D eigenvalue weighted by Crippen LogP contribution is -3.40. The fourth-order valence-electron chi connectivity index (χ4n) is 1.01. The number of hydrogen-bond donors (Lipinski definition) is 1. The molecule has 0 saturated carbocycles. The lowest BCUT2D eigenvalue weighted by molar-refractivity contribution is -0.429. The van der Waals surface area contributed by atoms with E-state index >= 15 is 0 Å². The molecular weight excluding hydrogens is 225 g/mol. The maximum Gasteiger partial charge on any atom is 0.257 e. The van der Waals surface area contributed by atoms with E-state index in [0.29, 0.717) is 0 Å². The van der Waals surface area contributed by atoms with Gasteiger partial charge in [0.05, 0.1) is 0 Å². The van der Waals surface area contributed by atoms with Crippen molar-refractivity contribution in [3.63, 3.8) is 0 Å². The van der Waals surface area contributed by atoms with Crippen molar-refractivity contribution in [3.05, 3.63) is 0 Å². The Morgan fingerprint density at radius 3 is 1.89 bits per heavy atom. The second-order valence-electron chi connectivity index (χ2n) is 2.35. The van der Waals surface area contributed by atoms with Crippen LogP contribution in [-0.4, -0.2) is 10.5 Å². The van der Waals surface area contributed by atoms with Crippen molar-refractivity contribution in [1.82, 2.24) is 0 Å². The van der Waals surface area contributed by atoms with Crippen molar-refractivity contribution in [2.24, 2.45) is 11.7 Å². The summed E-state index contributed by atoms with van der Waals surface area (Å²) in [5.41, 5.74) is 5.53. The monoisotopic (exact) mass is 242 g/mol. The fourth-order valence-corrected chi connectivity index (χ4v) is 2.11. The largest absolute Gasteiger partial charge is 0.326 e. The summed E-state index contributed by atoms with van der Waals surface area (Å²) in [6.45, 7) is 5.32. The number of rotatable bonds is 4. The highest BCUT2D eigenvalue weighted by Gasteiger charge is 2.19. The first-order valence-electron chi connectivity index (χ1n) is 3.62. The third-order valence-corrected chi connectivity index (χ3v) is 3.45. The lowest BCUT2D eigenvalue weighted by atomic mass is 10.00. The van der Waals surface area contributed by atoms with Gasteiger partial charge < -0.3 is 5.73 Å². The Bertz CT molecular complexity index is 61.9. The van der Waals surface area contributed by atoms with Crippen molar-refractivity contribution < 1.29 is 22.6 Å². The molecule has 0 aliphatic carbocycles. The molecule has 1 nitrogen and oxygen atoms in total. The van der Waals surface area contributed by atoms with Crippen LogP contribution < -0.4 is 28.3 Å². The number of hydrogen-bond acceptors (Lipinski definition) is 1. The van der Waals surface area contributed by atoms with Crippen LogP contribution in [0.25, 0.3) is 0 Å². The molecule has 56 valence electrons. The van der Waals surface area contributed by atoms with Crippen molar-refractivity contribution in [1.29, 1.82) is 0 Å². The summed E-state index contributed by atoms with van der Waals surface area (Å²) in [5.74, 6) is 0.847. The first-order chi connectivity index (χ1) is 4.26. The smallest absolute Gasteiger partial charge is 0.257 e. The Labute approximate surface area is 71.5 Å². The molecule has 1 unspecified atom stereocenters. The molecule has 0 aromatic rings. The molecular formula is C7H17IN+. The summed E-state index contributed by atoms with van der Waals surface area (Å²) in [6, 6.07) is 0. The molecule has 2 heteroatoms. The molecule has 0 rings (SSSR count). The fraction of sp³-hybridized carbons (Fsp3) is 1.00. The molecule has 0 heterocycles. The van der Waals surface area contributed by atoms with Gasteiger partial charge in [0.2, 0.25) is 0 Å². The van der Waals surface area contributed by atoms with Gasteiger partial charge in [-0.1, -0.05) is 13.8 Å². The van der Waals surface area contributed by atoms with Crippen LogP contribution in [0.5, 0.6) is 0 Å². The summed E-state index contributed by atoms with van der Waals surface area (Å²) in [6.07, 6.45) is 2.55. The van der Waals surface area contributed by atoms with Crippen molar-refractivity contribution in [2.45, 2.75) is 30.6 Å². The number of nitrogens with two attached hydrogens (primary N) is 1. The van der Waals surface area contributed by atoms with Gasteiger partial charge in [0.1, 0.15) is 0 Å². The summed E-state index contributed by atoms with van der Waals surface area (Å²) >= 11 is 2.16. The Kier molecular flexibility index (Phi) is 5.89. The van der Waals surface area contributed by atoms with Gasteiger partial charge in [0.15, 0.2) is 3.92 Å². The Balaban J connectivity index is 3.50. The highest BCUT2D eigenvalue weighted by molar-refractivity contribution is 4.64. The third-order valence-electron chi connectivity index (χ3n) is 1.81. The molecule has 0 aliphatic heterocycles. The minimum atomic E-state index is 0.718. The second-order valence-corrected chi connectivity index (χ2v) is 4.08. The normalized spacial score (nSPS) is 14.3. The van der Waals surface area contributed by atoms with Gasteiger partial charge in [-0.2, -0.15) is 0 Å². The van der Waals surface area contributed by atoms with E-state index in [1.807, 2.05) is 0 Å². The van der Waals surface area contributed by atoms with E-state index in [1.54, 1.807) is 0 Å². The van der Waals surface area contributed by atoms with Crippen molar-refractivity contribution >= 4 is 0 Å². The molecule has 0 spiro atoms. The molecule has 0 fully saturated rings. The third kappa shape index (κ3) is 3.40. The minimum Gasteiger partial charge on any atom is -0.326 e. The average molecular weight is 242 g/mol. The molecule has 2 N–H and O–H groups in total. The molecule has 1 atom stereocenters. The van der Waals surface area contributed by atoms with Crippen LogP contribution in [0.1, 0.15) is 26.7 Å². The molecule has 9 heavy (non-hydrogen) atoms. The van der Waals surface area contributed by atoms with Crippen LogP contribution in [0.15, 0.2) is 0 Å². The van der Waals surface area contributed by atoms with Crippen LogP contribution in [0.3, 0.4) is 0 Å². The quantitative estimate of drug-likeness (QED) is 0.449. The summed E-state index contributed by atoms with van der Waals surface area (Å²) in [4.78, 5) is 0. The molecule has 0 aromatic heterocycles. The summed E-state index contributed by atoms with van der Waals surface area (Å²) in [7, 11) is 0. The molecule has 0 bridgehead atoms. The second kappa shape index (κ2) is 5.47. The Hall–Kier alpha value is 0.690. The molecule has 0 saturated heterocycles. The van der Waals surface area contributed by atoms with E-state index in [-0.39, 0.29) is 0 Å². The van der Waals surface area contributed by atoms with E-state index in [1.165, 1.54) is 12.8 Å². The molecule has 0 aromatic carbocycles. The Morgan fingerprint density at radius 2 is 1.78 bits per heavy atom. The maximum atomic E-state index is 5.53. The van der Waals surface area contributed by atoms with Gasteiger partial charge >= 0.3 is 0 Å². The number of halogens is 1. The SMILES string of the molecule is CCC(CC)C([IH+])CN. The van der Waals surface area contributed by atoms with Gasteiger partial charge in [-0.15, -0.1) is 0 Å². The number of alkyl halides is 1. The van der Waals surface area contributed by atoms with Crippen molar-refractivity contribution in [3.8, 4) is 0 Å². The zero-order valence-electron chi connectivity index (χ0n) is 6.26. The van der Waals surface area contributed by atoms with Gasteiger partial charge in [-0.25, -0.2) is 0 Å². The van der Waals surface area contributed by atoms with E-state index < -0.39 is 0 Å². The lowest BCUT2D eigenvalue weighted by Gasteiger charge is -2.10. The molecule has 0 amide bonds. The van der Waals surface area contributed by atoms with Crippen molar-refractivity contribution in [2.75, 3.05) is 6.54 Å². The van der Waals surface area contributed by atoms with Gasteiger partial charge in [-0.3, -0.25) is 0 Å². The zero-order chi connectivity index (χ0) is 7.28. The van der Waals surface area contributed by atoms with Crippen LogP contribution in [-0.2, 0) is 0 Å².